The molecule has 16 heavy (non-hydrogen) atoms. The number of nitrogens with zero attached hydrogens (tertiary/aromatic N) is 1. The minimum atomic E-state index is -3.11. The van der Waals surface area contributed by atoms with Crippen LogP contribution in [0.5, 0.6) is 0 Å². The third kappa shape index (κ3) is 1.94. The number of aryl methyl sites for hydroxylation is 1. The molecule has 0 amide bonds. The van der Waals surface area contributed by atoms with Gasteiger partial charge in [-0.15, -0.1) is 0 Å². The second kappa shape index (κ2) is 3.77. The van der Waals surface area contributed by atoms with Crippen molar-refractivity contribution in [1.82, 2.24) is 0 Å². The summed E-state index contributed by atoms with van der Waals surface area (Å²) < 4.78 is 24.5. The molecule has 88 valence electrons. The fourth-order valence-electron chi connectivity index (χ4n) is 1.78. The molecule has 0 radical (unpaired) electrons. The molecule has 2 rings (SSSR count). The van der Waals surface area contributed by atoms with Gasteiger partial charge in [-0.05, 0) is 37.5 Å². The van der Waals surface area contributed by atoms with Crippen molar-refractivity contribution in [2.45, 2.75) is 29.9 Å². The van der Waals surface area contributed by atoms with E-state index >= 15 is 0 Å². The number of hydrogen-bond donors (Lipinski definition) is 0. The Labute approximate surface area is 97.0 Å². The van der Waals surface area contributed by atoms with Gasteiger partial charge < -0.3 is 4.90 Å². The molecular formula is C12H17NO2S. The number of rotatable bonds is 3. The fourth-order valence-corrected chi connectivity index (χ4v) is 3.78. The number of benzene rings is 1. The lowest BCUT2D eigenvalue weighted by molar-refractivity contribution is 0.594. The summed E-state index contributed by atoms with van der Waals surface area (Å²) >= 11 is 0. The maximum absolute atomic E-state index is 12.2. The quantitative estimate of drug-likeness (QED) is 0.809. The fraction of sp³-hybridized carbons (Fsp3) is 0.500. The van der Waals surface area contributed by atoms with Crippen molar-refractivity contribution < 1.29 is 8.42 Å². The zero-order valence-electron chi connectivity index (χ0n) is 9.90. The Kier molecular flexibility index (Phi) is 2.70. The van der Waals surface area contributed by atoms with Crippen LogP contribution < -0.4 is 4.90 Å². The number of anilines is 1. The lowest BCUT2D eigenvalue weighted by atomic mass is 10.2. The molecule has 1 saturated carbocycles. The van der Waals surface area contributed by atoms with Crippen molar-refractivity contribution in [2.24, 2.45) is 0 Å². The van der Waals surface area contributed by atoms with Crippen molar-refractivity contribution in [2.75, 3.05) is 19.0 Å². The van der Waals surface area contributed by atoms with Gasteiger partial charge in [0.05, 0.1) is 15.8 Å². The van der Waals surface area contributed by atoms with Crippen molar-refractivity contribution in [1.29, 1.82) is 0 Å². The number of sulfone groups is 1. The van der Waals surface area contributed by atoms with Crippen LogP contribution in [0.2, 0.25) is 0 Å². The predicted octanol–water partition coefficient (Wildman–Crippen LogP) is 2.00. The summed E-state index contributed by atoms with van der Waals surface area (Å²) in [7, 11) is 0.638. The van der Waals surface area contributed by atoms with Crippen LogP contribution in [-0.2, 0) is 9.84 Å². The first-order valence-electron chi connectivity index (χ1n) is 5.45. The largest absolute Gasteiger partial charge is 0.377 e. The van der Waals surface area contributed by atoms with Gasteiger partial charge in [0.15, 0.2) is 9.84 Å². The molecule has 1 fully saturated rings. The monoisotopic (exact) mass is 239 g/mol. The van der Waals surface area contributed by atoms with Crippen LogP contribution in [0.1, 0.15) is 18.4 Å². The Morgan fingerprint density at radius 3 is 2.38 bits per heavy atom. The minimum absolute atomic E-state index is 0.145. The van der Waals surface area contributed by atoms with Gasteiger partial charge in [-0.1, -0.05) is 6.07 Å². The van der Waals surface area contributed by atoms with E-state index in [1.165, 1.54) is 0 Å². The normalized spacial score (nSPS) is 16.2. The number of hydrogen-bond acceptors (Lipinski definition) is 3. The highest BCUT2D eigenvalue weighted by atomic mass is 32.2. The van der Waals surface area contributed by atoms with E-state index in [9.17, 15) is 8.42 Å². The molecule has 0 aromatic heterocycles. The maximum atomic E-state index is 12.2. The van der Waals surface area contributed by atoms with E-state index in [4.69, 9.17) is 0 Å². The summed E-state index contributed by atoms with van der Waals surface area (Å²) in [6.07, 6.45) is 1.62. The highest BCUT2D eigenvalue weighted by Crippen LogP contribution is 2.37. The summed E-state index contributed by atoms with van der Waals surface area (Å²) in [6.45, 7) is 1.92. The Morgan fingerprint density at radius 2 is 1.88 bits per heavy atom. The highest BCUT2D eigenvalue weighted by molar-refractivity contribution is 7.92. The zero-order valence-corrected chi connectivity index (χ0v) is 10.7. The summed E-state index contributed by atoms with van der Waals surface area (Å²) in [6, 6.07) is 5.61. The predicted molar refractivity (Wildman–Crippen MR) is 65.7 cm³/mol. The van der Waals surface area contributed by atoms with Gasteiger partial charge in [0.1, 0.15) is 0 Å². The van der Waals surface area contributed by atoms with Gasteiger partial charge in [-0.3, -0.25) is 0 Å². The third-order valence-electron chi connectivity index (χ3n) is 2.87. The average Bonchev–Trinajstić information content (AvgIpc) is 3.00. The van der Waals surface area contributed by atoms with Gasteiger partial charge in [0, 0.05) is 14.1 Å². The van der Waals surface area contributed by atoms with Crippen molar-refractivity contribution in [3.8, 4) is 0 Å². The van der Waals surface area contributed by atoms with Crippen LogP contribution >= 0.6 is 0 Å². The van der Waals surface area contributed by atoms with Gasteiger partial charge in [0.2, 0.25) is 0 Å². The Balaban J connectivity index is 2.57. The van der Waals surface area contributed by atoms with E-state index in [0.717, 1.165) is 24.1 Å². The smallest absolute Gasteiger partial charge is 0.183 e. The summed E-state index contributed by atoms with van der Waals surface area (Å²) in [5.41, 5.74) is 1.78. The van der Waals surface area contributed by atoms with E-state index in [2.05, 4.69) is 0 Å². The topological polar surface area (TPSA) is 37.4 Å². The first-order valence-corrected chi connectivity index (χ1v) is 6.99. The SMILES string of the molecule is Cc1ccc(N(C)C)c(S(=O)(=O)C2CC2)c1. The summed E-state index contributed by atoms with van der Waals surface area (Å²) in [5, 5.41) is -0.145. The lowest BCUT2D eigenvalue weighted by Gasteiger charge is -2.18. The van der Waals surface area contributed by atoms with E-state index in [1.54, 1.807) is 6.07 Å². The third-order valence-corrected chi connectivity index (χ3v) is 5.16. The standard InChI is InChI=1S/C12H17NO2S/c1-9-4-7-11(13(2)3)12(8-9)16(14,15)10-5-6-10/h4,7-8,10H,5-6H2,1-3H3. The van der Waals surface area contributed by atoms with Crippen LogP contribution in [0.25, 0.3) is 0 Å². The molecule has 0 saturated heterocycles. The van der Waals surface area contributed by atoms with E-state index in [0.29, 0.717) is 4.90 Å². The molecule has 1 aromatic carbocycles. The van der Waals surface area contributed by atoms with E-state index in [1.807, 2.05) is 38.1 Å². The molecule has 0 heterocycles. The first kappa shape index (κ1) is 11.5. The average molecular weight is 239 g/mol. The molecule has 1 aliphatic carbocycles. The molecule has 0 atom stereocenters. The lowest BCUT2D eigenvalue weighted by Crippen LogP contribution is -2.16. The van der Waals surface area contributed by atoms with Gasteiger partial charge in [0.25, 0.3) is 0 Å². The zero-order chi connectivity index (χ0) is 11.9. The molecule has 1 aliphatic rings. The first-order chi connectivity index (χ1) is 7.43. The summed E-state index contributed by atoms with van der Waals surface area (Å²) in [4.78, 5) is 2.34. The van der Waals surface area contributed by atoms with Gasteiger partial charge in [-0.25, -0.2) is 8.42 Å². The van der Waals surface area contributed by atoms with Crippen LogP contribution in [-0.4, -0.2) is 27.8 Å². The Bertz CT molecular complexity index is 502. The molecule has 0 bridgehead atoms. The van der Waals surface area contributed by atoms with Crippen molar-refractivity contribution >= 4 is 15.5 Å². The molecular weight excluding hydrogens is 222 g/mol. The molecule has 1 aromatic rings. The minimum Gasteiger partial charge on any atom is -0.377 e. The van der Waals surface area contributed by atoms with E-state index in [-0.39, 0.29) is 5.25 Å². The second-order valence-corrected chi connectivity index (χ2v) is 6.81. The van der Waals surface area contributed by atoms with Crippen LogP contribution in [0.3, 0.4) is 0 Å². The van der Waals surface area contributed by atoms with Gasteiger partial charge >= 0.3 is 0 Å². The molecule has 4 heteroatoms. The molecule has 0 unspecified atom stereocenters. The van der Waals surface area contributed by atoms with Crippen molar-refractivity contribution in [3.63, 3.8) is 0 Å². The Morgan fingerprint density at radius 1 is 1.25 bits per heavy atom. The molecule has 0 spiro atoms. The second-order valence-electron chi connectivity index (χ2n) is 4.61. The van der Waals surface area contributed by atoms with Crippen LogP contribution in [0.4, 0.5) is 5.69 Å². The van der Waals surface area contributed by atoms with Crippen LogP contribution in [0, 0.1) is 6.92 Å². The molecule has 0 aliphatic heterocycles. The van der Waals surface area contributed by atoms with E-state index < -0.39 is 9.84 Å². The maximum Gasteiger partial charge on any atom is 0.183 e. The highest BCUT2D eigenvalue weighted by Gasteiger charge is 2.38. The Hall–Kier alpha value is -1.03. The van der Waals surface area contributed by atoms with Crippen LogP contribution in [0.15, 0.2) is 23.1 Å². The van der Waals surface area contributed by atoms with Gasteiger partial charge in [-0.2, -0.15) is 0 Å². The molecule has 0 N–H and O–H groups in total. The van der Waals surface area contributed by atoms with Crippen molar-refractivity contribution in [3.05, 3.63) is 23.8 Å². The molecule has 3 nitrogen and oxygen atoms in total. The summed E-state index contributed by atoms with van der Waals surface area (Å²) in [5.74, 6) is 0.